The van der Waals surface area contributed by atoms with Gasteiger partial charge in [0, 0.05) is 25.0 Å². The first-order valence-corrected chi connectivity index (χ1v) is 8.37. The van der Waals surface area contributed by atoms with E-state index in [9.17, 15) is 0 Å². The first-order chi connectivity index (χ1) is 10.3. The second-order valence-corrected chi connectivity index (χ2v) is 6.64. The number of likely N-dealkylation sites (tertiary alicyclic amines) is 1. The molecule has 4 rings (SSSR count). The van der Waals surface area contributed by atoms with Gasteiger partial charge in [0.25, 0.3) is 0 Å². The van der Waals surface area contributed by atoms with Gasteiger partial charge in [-0.1, -0.05) is 12.1 Å². The van der Waals surface area contributed by atoms with Gasteiger partial charge in [-0.05, 0) is 12.8 Å². The zero-order valence-corrected chi connectivity index (χ0v) is 12.9. The van der Waals surface area contributed by atoms with E-state index in [-0.39, 0.29) is 6.10 Å². The number of aromatic nitrogens is 4. The van der Waals surface area contributed by atoms with Crippen LogP contribution in [0.1, 0.15) is 35.8 Å². The van der Waals surface area contributed by atoms with Gasteiger partial charge in [0.1, 0.15) is 0 Å². The summed E-state index contributed by atoms with van der Waals surface area (Å²) in [4.78, 5) is 7.11. The fraction of sp³-hybridized carbons (Fsp3) is 0.643. The summed E-state index contributed by atoms with van der Waals surface area (Å²) >= 11 is 1.76. The van der Waals surface area contributed by atoms with Gasteiger partial charge in [-0.15, -0.1) is 16.4 Å². The molecule has 0 spiro atoms. The summed E-state index contributed by atoms with van der Waals surface area (Å²) < 4.78 is 8.06. The van der Waals surface area contributed by atoms with Crippen molar-refractivity contribution in [3.63, 3.8) is 0 Å². The highest BCUT2D eigenvalue weighted by molar-refractivity contribution is 7.09. The quantitative estimate of drug-likeness (QED) is 0.863. The molecule has 1 fully saturated rings. The number of rotatable bonds is 3. The molecule has 2 aliphatic rings. The molecule has 0 saturated carbocycles. The lowest BCUT2D eigenvalue weighted by atomic mass is 10.00. The van der Waals surface area contributed by atoms with E-state index in [4.69, 9.17) is 4.74 Å². The van der Waals surface area contributed by atoms with Gasteiger partial charge < -0.3 is 4.74 Å². The minimum Gasteiger partial charge on any atom is -0.368 e. The van der Waals surface area contributed by atoms with Crippen molar-refractivity contribution in [2.24, 2.45) is 0 Å². The number of piperidine rings is 1. The SMILES string of the molecule is CCc1nc(CN2CC[C@H]3[C@H](C2)OCc2cnnn23)cs1. The van der Waals surface area contributed by atoms with Crippen molar-refractivity contribution in [1.29, 1.82) is 0 Å². The number of hydrogen-bond donors (Lipinski definition) is 0. The third-order valence-corrected chi connectivity index (χ3v) is 5.35. The van der Waals surface area contributed by atoms with Crippen LogP contribution >= 0.6 is 11.3 Å². The molecular weight excluding hydrogens is 286 g/mol. The summed E-state index contributed by atoms with van der Waals surface area (Å²) in [7, 11) is 0. The Morgan fingerprint density at radius 2 is 2.43 bits per heavy atom. The molecule has 6 nitrogen and oxygen atoms in total. The molecule has 0 amide bonds. The summed E-state index contributed by atoms with van der Waals surface area (Å²) in [6.45, 7) is 5.71. The van der Waals surface area contributed by atoms with Crippen molar-refractivity contribution in [1.82, 2.24) is 24.9 Å². The third kappa shape index (κ3) is 2.49. The Labute approximate surface area is 127 Å². The van der Waals surface area contributed by atoms with E-state index >= 15 is 0 Å². The van der Waals surface area contributed by atoms with Gasteiger partial charge in [0.2, 0.25) is 0 Å². The third-order valence-electron chi connectivity index (χ3n) is 4.30. The normalized spacial score (nSPS) is 25.6. The zero-order chi connectivity index (χ0) is 14.2. The van der Waals surface area contributed by atoms with Crippen molar-refractivity contribution in [2.75, 3.05) is 13.1 Å². The molecule has 2 aliphatic heterocycles. The van der Waals surface area contributed by atoms with Crippen LogP contribution in [0.25, 0.3) is 0 Å². The van der Waals surface area contributed by atoms with Crippen LogP contribution in [0.4, 0.5) is 0 Å². The summed E-state index contributed by atoms with van der Waals surface area (Å²) in [5.74, 6) is 0. The standard InChI is InChI=1S/C14H19N5OS/c1-2-14-16-10(9-21-14)6-18-4-3-12-13(7-18)20-8-11-5-15-17-19(11)12/h5,9,12-13H,2-4,6-8H2,1H3/t12-,13-/m0/s1. The number of ether oxygens (including phenoxy) is 1. The van der Waals surface area contributed by atoms with Crippen LogP contribution in [-0.4, -0.2) is 44.1 Å². The van der Waals surface area contributed by atoms with Gasteiger partial charge in [0.15, 0.2) is 0 Å². The molecule has 2 atom stereocenters. The first kappa shape index (κ1) is 13.4. The molecular formula is C14H19N5OS. The molecule has 7 heteroatoms. The summed E-state index contributed by atoms with van der Waals surface area (Å²) in [6, 6.07) is 0.342. The zero-order valence-electron chi connectivity index (χ0n) is 12.1. The Hall–Kier alpha value is -1.31. The average molecular weight is 305 g/mol. The molecule has 1 saturated heterocycles. The van der Waals surface area contributed by atoms with Crippen molar-refractivity contribution in [2.45, 2.75) is 45.1 Å². The molecule has 0 N–H and O–H groups in total. The van der Waals surface area contributed by atoms with Crippen molar-refractivity contribution < 1.29 is 4.74 Å². The fourth-order valence-corrected chi connectivity index (χ4v) is 3.94. The Morgan fingerprint density at radius 1 is 1.48 bits per heavy atom. The summed E-state index contributed by atoms with van der Waals surface area (Å²) in [5.41, 5.74) is 2.28. The lowest BCUT2D eigenvalue weighted by Crippen LogP contribution is -2.48. The second-order valence-electron chi connectivity index (χ2n) is 5.70. The molecule has 112 valence electrons. The van der Waals surface area contributed by atoms with E-state index in [1.165, 1.54) is 10.7 Å². The smallest absolute Gasteiger partial charge is 0.0932 e. The molecule has 0 aromatic carbocycles. The molecule has 2 aromatic rings. The minimum atomic E-state index is 0.220. The molecule has 21 heavy (non-hydrogen) atoms. The molecule has 4 heterocycles. The van der Waals surface area contributed by atoms with Crippen molar-refractivity contribution in [3.05, 3.63) is 28.0 Å². The van der Waals surface area contributed by atoms with Crippen molar-refractivity contribution in [3.8, 4) is 0 Å². The predicted molar refractivity (Wildman–Crippen MR) is 79.0 cm³/mol. The van der Waals surface area contributed by atoms with Gasteiger partial charge in [-0.25, -0.2) is 9.67 Å². The Kier molecular flexibility index (Phi) is 3.48. The first-order valence-electron chi connectivity index (χ1n) is 7.50. The number of aryl methyl sites for hydroxylation is 1. The predicted octanol–water partition coefficient (Wildman–Crippen LogP) is 1.64. The van der Waals surface area contributed by atoms with Crippen LogP contribution in [0.3, 0.4) is 0 Å². The lowest BCUT2D eigenvalue weighted by molar-refractivity contribution is -0.0706. The number of hydrogen-bond acceptors (Lipinski definition) is 6. The average Bonchev–Trinajstić information content (AvgIpc) is 3.15. The highest BCUT2D eigenvalue weighted by Crippen LogP contribution is 2.31. The second kappa shape index (κ2) is 5.47. The van der Waals surface area contributed by atoms with Gasteiger partial charge in [-0.3, -0.25) is 4.90 Å². The van der Waals surface area contributed by atoms with Crippen molar-refractivity contribution >= 4 is 11.3 Å². The topological polar surface area (TPSA) is 56.1 Å². The summed E-state index contributed by atoms with van der Waals surface area (Å²) in [5, 5.41) is 11.6. The number of thiazole rings is 1. The van der Waals surface area contributed by atoms with E-state index in [1.54, 1.807) is 11.3 Å². The van der Waals surface area contributed by atoms with Crippen LogP contribution in [0.5, 0.6) is 0 Å². The number of nitrogens with zero attached hydrogens (tertiary/aromatic N) is 5. The van der Waals surface area contributed by atoms with Crippen LogP contribution in [-0.2, 0) is 24.3 Å². The Morgan fingerprint density at radius 3 is 3.29 bits per heavy atom. The van der Waals surface area contributed by atoms with Crippen LogP contribution in [0.2, 0.25) is 0 Å². The molecule has 0 aliphatic carbocycles. The molecule has 0 bridgehead atoms. The maximum absolute atomic E-state index is 6.00. The van der Waals surface area contributed by atoms with Crippen LogP contribution in [0, 0.1) is 0 Å². The highest BCUT2D eigenvalue weighted by Gasteiger charge is 2.36. The molecule has 2 aromatic heterocycles. The van der Waals surface area contributed by atoms with Gasteiger partial charge in [-0.2, -0.15) is 0 Å². The van der Waals surface area contributed by atoms with Gasteiger partial charge in [0.05, 0.1) is 41.3 Å². The van der Waals surface area contributed by atoms with E-state index in [2.05, 4.69) is 37.2 Å². The van der Waals surface area contributed by atoms with E-state index in [0.717, 1.165) is 38.2 Å². The fourth-order valence-electron chi connectivity index (χ4n) is 3.21. The maximum Gasteiger partial charge on any atom is 0.0932 e. The Bertz CT molecular complexity index is 624. The molecule has 0 unspecified atom stereocenters. The number of fused-ring (bicyclic) bond motifs is 3. The van der Waals surface area contributed by atoms with E-state index in [1.807, 2.05) is 6.20 Å². The monoisotopic (exact) mass is 305 g/mol. The van der Waals surface area contributed by atoms with E-state index in [0.29, 0.717) is 12.6 Å². The molecule has 0 radical (unpaired) electrons. The lowest BCUT2D eigenvalue weighted by Gasteiger charge is -2.40. The largest absolute Gasteiger partial charge is 0.368 e. The van der Waals surface area contributed by atoms with Crippen LogP contribution < -0.4 is 0 Å². The van der Waals surface area contributed by atoms with E-state index < -0.39 is 0 Å². The van der Waals surface area contributed by atoms with Gasteiger partial charge >= 0.3 is 0 Å². The maximum atomic E-state index is 6.00. The minimum absolute atomic E-state index is 0.220. The van der Waals surface area contributed by atoms with Crippen LogP contribution in [0.15, 0.2) is 11.6 Å². The highest BCUT2D eigenvalue weighted by atomic mass is 32.1. The Balaban J connectivity index is 1.43. The summed E-state index contributed by atoms with van der Waals surface area (Å²) in [6.07, 6.45) is 4.11.